The fourth-order valence-electron chi connectivity index (χ4n) is 0.731. The largest absolute Gasteiger partial charge is 0.430 e. The Bertz CT molecular complexity index is 180. The van der Waals surface area contributed by atoms with Crippen molar-refractivity contribution >= 4 is 16.9 Å². The lowest BCUT2D eigenvalue weighted by molar-refractivity contribution is 0.319. The van der Waals surface area contributed by atoms with Crippen LogP contribution in [0.25, 0.3) is 0 Å². The van der Waals surface area contributed by atoms with Gasteiger partial charge in [0.2, 0.25) is 0 Å². The van der Waals surface area contributed by atoms with Gasteiger partial charge in [0.05, 0.1) is 0 Å². The molecule has 0 aromatic rings. The van der Waals surface area contributed by atoms with Crippen molar-refractivity contribution in [2.24, 2.45) is 0 Å². The highest BCUT2D eigenvalue weighted by atomic mass is 28.4. The monoisotopic (exact) mass is 202 g/mol. The van der Waals surface area contributed by atoms with Gasteiger partial charge in [-0.05, 0) is 19.6 Å². The van der Waals surface area contributed by atoms with E-state index in [0.717, 1.165) is 0 Å². The molecule has 0 bridgehead atoms. The van der Waals surface area contributed by atoms with Crippen LogP contribution in [0.2, 0.25) is 19.6 Å². The van der Waals surface area contributed by atoms with E-state index in [1.807, 2.05) is 12.2 Å². The van der Waals surface area contributed by atoms with Crippen LogP contribution in [0, 0.1) is 0 Å². The normalized spacial score (nSPS) is 16.7. The van der Waals surface area contributed by atoms with Crippen molar-refractivity contribution in [2.45, 2.75) is 19.6 Å². The van der Waals surface area contributed by atoms with E-state index < -0.39 is 16.9 Å². The number of rotatable bonds is 5. The second kappa shape index (κ2) is 4.18. The minimum absolute atomic E-state index is 1.67. The van der Waals surface area contributed by atoms with E-state index in [-0.39, 0.29) is 0 Å². The molecular formula is C8H18O2Si2. The Hall–Kier alpha value is -0.166. The highest BCUT2D eigenvalue weighted by Gasteiger charge is 2.33. The summed E-state index contributed by atoms with van der Waals surface area (Å²) in [5.41, 5.74) is 3.70. The lowest BCUT2D eigenvalue weighted by Gasteiger charge is -2.30. The van der Waals surface area contributed by atoms with Gasteiger partial charge in [-0.15, -0.1) is 13.2 Å². The van der Waals surface area contributed by atoms with Gasteiger partial charge < -0.3 is 8.54 Å². The minimum atomic E-state index is -2.10. The maximum absolute atomic E-state index is 5.89. The molecule has 0 saturated carbocycles. The summed E-state index contributed by atoms with van der Waals surface area (Å²) in [6.07, 6.45) is 0. The molecule has 0 aliphatic carbocycles. The van der Waals surface area contributed by atoms with Crippen LogP contribution in [-0.2, 0) is 8.54 Å². The van der Waals surface area contributed by atoms with Crippen LogP contribution in [0.4, 0.5) is 0 Å². The molecule has 0 N–H and O–H groups in total. The molecule has 0 aliphatic rings. The third-order valence-electron chi connectivity index (χ3n) is 1.73. The van der Waals surface area contributed by atoms with Crippen LogP contribution in [0.3, 0.4) is 0 Å². The first-order valence-electron chi connectivity index (χ1n) is 3.91. The zero-order valence-electron chi connectivity index (χ0n) is 8.39. The van der Waals surface area contributed by atoms with E-state index in [1.54, 1.807) is 12.8 Å². The minimum Gasteiger partial charge on any atom is -0.430 e. The molecular weight excluding hydrogens is 184 g/mol. The standard InChI is InChI=1S/C8H18O2Si2/c1-7-11(4,5)10-12(6,8-2)9-3/h7-8H,1-2H2,3-6H3. The number of hydrogen-bond donors (Lipinski definition) is 0. The van der Waals surface area contributed by atoms with Crippen molar-refractivity contribution in [1.29, 1.82) is 0 Å². The molecule has 0 aliphatic heterocycles. The number of hydrogen-bond acceptors (Lipinski definition) is 2. The van der Waals surface area contributed by atoms with Gasteiger partial charge >= 0.3 is 8.56 Å². The smallest absolute Gasteiger partial charge is 0.350 e. The first-order chi connectivity index (χ1) is 5.39. The molecule has 70 valence electrons. The molecule has 0 spiro atoms. The van der Waals surface area contributed by atoms with Gasteiger partial charge in [0, 0.05) is 7.11 Å². The van der Waals surface area contributed by atoms with Crippen LogP contribution in [0.15, 0.2) is 24.6 Å². The third-order valence-corrected chi connectivity index (χ3v) is 7.99. The Labute approximate surface area is 77.3 Å². The molecule has 0 heterocycles. The predicted molar refractivity (Wildman–Crippen MR) is 57.6 cm³/mol. The third kappa shape index (κ3) is 3.49. The Kier molecular flexibility index (Phi) is 4.12. The Morgan fingerprint density at radius 1 is 1.08 bits per heavy atom. The first-order valence-corrected chi connectivity index (χ1v) is 9.29. The van der Waals surface area contributed by atoms with Gasteiger partial charge in [0.25, 0.3) is 0 Å². The fourth-order valence-corrected chi connectivity index (χ4v) is 6.08. The predicted octanol–water partition coefficient (Wildman–Crippen LogP) is 2.38. The van der Waals surface area contributed by atoms with Crippen molar-refractivity contribution in [3.8, 4) is 0 Å². The maximum Gasteiger partial charge on any atom is 0.350 e. The van der Waals surface area contributed by atoms with Crippen LogP contribution >= 0.6 is 0 Å². The highest BCUT2D eigenvalue weighted by molar-refractivity contribution is 6.87. The fraction of sp³-hybridized carbons (Fsp3) is 0.500. The topological polar surface area (TPSA) is 18.5 Å². The van der Waals surface area contributed by atoms with Crippen molar-refractivity contribution in [1.82, 2.24) is 0 Å². The van der Waals surface area contributed by atoms with E-state index in [4.69, 9.17) is 8.54 Å². The van der Waals surface area contributed by atoms with Gasteiger partial charge in [-0.3, -0.25) is 0 Å². The molecule has 12 heavy (non-hydrogen) atoms. The maximum atomic E-state index is 5.89. The van der Waals surface area contributed by atoms with Gasteiger partial charge in [-0.25, -0.2) is 0 Å². The second-order valence-corrected chi connectivity index (χ2v) is 10.6. The summed E-state index contributed by atoms with van der Waals surface area (Å²) < 4.78 is 11.2. The van der Waals surface area contributed by atoms with Gasteiger partial charge in [-0.1, -0.05) is 11.4 Å². The molecule has 2 nitrogen and oxygen atoms in total. The lowest BCUT2D eigenvalue weighted by atomic mass is 11.3. The van der Waals surface area contributed by atoms with Crippen molar-refractivity contribution < 1.29 is 8.54 Å². The van der Waals surface area contributed by atoms with Gasteiger partial charge in [0.1, 0.15) is 0 Å². The molecule has 1 unspecified atom stereocenters. The summed E-state index contributed by atoms with van der Waals surface area (Å²) in [5.74, 6) is 0. The van der Waals surface area contributed by atoms with E-state index in [2.05, 4.69) is 26.3 Å². The van der Waals surface area contributed by atoms with Crippen LogP contribution in [0.1, 0.15) is 0 Å². The molecule has 4 heteroatoms. The summed E-state index contributed by atoms with van der Waals surface area (Å²) in [4.78, 5) is 0. The van der Waals surface area contributed by atoms with E-state index in [0.29, 0.717) is 0 Å². The molecule has 0 aromatic carbocycles. The molecule has 0 fully saturated rings. The summed E-state index contributed by atoms with van der Waals surface area (Å²) in [7, 11) is -2.16. The lowest BCUT2D eigenvalue weighted by Crippen LogP contribution is -2.45. The second-order valence-electron chi connectivity index (χ2n) is 3.33. The Balaban J connectivity index is 4.39. The Morgan fingerprint density at radius 2 is 1.58 bits per heavy atom. The quantitative estimate of drug-likeness (QED) is 0.637. The van der Waals surface area contributed by atoms with Crippen LogP contribution in [0.5, 0.6) is 0 Å². The van der Waals surface area contributed by atoms with E-state index in [1.165, 1.54) is 0 Å². The Morgan fingerprint density at radius 3 is 1.83 bits per heavy atom. The SMILES string of the molecule is C=C[Si](C)(C)O[Si](C)(C=C)OC. The van der Waals surface area contributed by atoms with E-state index >= 15 is 0 Å². The molecule has 0 amide bonds. The van der Waals surface area contributed by atoms with E-state index in [9.17, 15) is 0 Å². The zero-order chi connectivity index (χ0) is 9.83. The van der Waals surface area contributed by atoms with Crippen LogP contribution < -0.4 is 0 Å². The summed E-state index contributed by atoms with van der Waals surface area (Å²) in [5, 5.41) is 0. The van der Waals surface area contributed by atoms with Crippen LogP contribution in [-0.4, -0.2) is 24.0 Å². The average molecular weight is 202 g/mol. The molecule has 0 rings (SSSR count). The zero-order valence-corrected chi connectivity index (χ0v) is 10.4. The molecule has 1 atom stereocenters. The average Bonchev–Trinajstić information content (AvgIpc) is 2.04. The highest BCUT2D eigenvalue weighted by Crippen LogP contribution is 2.16. The summed E-state index contributed by atoms with van der Waals surface area (Å²) in [6.45, 7) is 13.6. The van der Waals surface area contributed by atoms with Gasteiger partial charge in [0.15, 0.2) is 8.32 Å². The summed E-state index contributed by atoms with van der Waals surface area (Å²) in [6, 6.07) is 0. The van der Waals surface area contributed by atoms with Crippen molar-refractivity contribution in [2.75, 3.05) is 7.11 Å². The molecule has 0 saturated heterocycles. The van der Waals surface area contributed by atoms with Crippen molar-refractivity contribution in [3.63, 3.8) is 0 Å². The van der Waals surface area contributed by atoms with Crippen molar-refractivity contribution in [3.05, 3.63) is 24.6 Å². The first kappa shape index (κ1) is 11.8. The molecule has 0 radical (unpaired) electrons. The summed E-state index contributed by atoms with van der Waals surface area (Å²) >= 11 is 0. The molecule has 0 aromatic heterocycles. The van der Waals surface area contributed by atoms with Gasteiger partial charge in [-0.2, -0.15) is 0 Å².